The zero-order chi connectivity index (χ0) is 18.4. The van der Waals surface area contributed by atoms with Crippen molar-refractivity contribution >= 4 is 18.3 Å². The summed E-state index contributed by atoms with van der Waals surface area (Å²) in [6.45, 7) is 0.270. The molecule has 0 radical (unpaired) electrons. The molecule has 2 rings (SSSR count). The highest BCUT2D eigenvalue weighted by atomic mass is 35.5. The minimum atomic E-state index is -4.72. The molecule has 0 aromatic heterocycles. The molecule has 0 aliphatic carbocycles. The fourth-order valence-corrected chi connectivity index (χ4v) is 2.32. The average Bonchev–Trinajstić information content (AvgIpc) is 2.56. The van der Waals surface area contributed by atoms with Gasteiger partial charge < -0.3 is 15.4 Å². The third-order valence-electron chi connectivity index (χ3n) is 3.62. The Labute approximate surface area is 156 Å². The fourth-order valence-electron chi connectivity index (χ4n) is 2.32. The van der Waals surface area contributed by atoms with E-state index in [1.165, 1.54) is 29.2 Å². The van der Waals surface area contributed by atoms with Gasteiger partial charge in [0.15, 0.2) is 0 Å². The van der Waals surface area contributed by atoms with Gasteiger partial charge in [0, 0.05) is 26.1 Å². The van der Waals surface area contributed by atoms with Gasteiger partial charge in [0.05, 0.1) is 0 Å². The standard InChI is InChI=1S/C18H19F3N2O2.ClH/c1-23(17(24)11-16(22)14-5-3-2-4-6-14)12-13-7-9-15(10-8-13)25-18(19,20)21;/h2-10,16H,11-12,22H2,1H3;1H. The molecule has 2 N–H and O–H groups in total. The molecule has 142 valence electrons. The van der Waals surface area contributed by atoms with Crippen LogP contribution in [-0.2, 0) is 11.3 Å². The molecule has 0 bridgehead atoms. The summed E-state index contributed by atoms with van der Waals surface area (Å²) in [6, 6.07) is 14.3. The van der Waals surface area contributed by atoms with Crippen LogP contribution in [0.1, 0.15) is 23.6 Å². The summed E-state index contributed by atoms with van der Waals surface area (Å²) in [6.07, 6.45) is -4.57. The predicted octanol–water partition coefficient (Wildman–Crippen LogP) is 4.06. The van der Waals surface area contributed by atoms with Gasteiger partial charge in [-0.2, -0.15) is 0 Å². The first-order chi connectivity index (χ1) is 11.7. The molecule has 0 spiro atoms. The number of rotatable bonds is 6. The molecular weight excluding hydrogens is 369 g/mol. The Morgan fingerprint density at radius 1 is 1.12 bits per heavy atom. The van der Waals surface area contributed by atoms with Crippen LogP contribution in [0, 0.1) is 0 Å². The van der Waals surface area contributed by atoms with E-state index in [4.69, 9.17) is 5.73 Å². The zero-order valence-corrected chi connectivity index (χ0v) is 14.9. The minimum absolute atomic E-state index is 0. The molecule has 0 heterocycles. The lowest BCUT2D eigenvalue weighted by Gasteiger charge is -2.20. The minimum Gasteiger partial charge on any atom is -0.406 e. The monoisotopic (exact) mass is 388 g/mol. The number of alkyl halides is 3. The number of nitrogens with two attached hydrogens (primary N) is 1. The molecular formula is C18H20ClF3N2O2. The van der Waals surface area contributed by atoms with E-state index >= 15 is 0 Å². The molecule has 1 amide bonds. The summed E-state index contributed by atoms with van der Waals surface area (Å²) >= 11 is 0. The Morgan fingerprint density at radius 2 is 1.69 bits per heavy atom. The summed E-state index contributed by atoms with van der Waals surface area (Å²) in [4.78, 5) is 13.7. The van der Waals surface area contributed by atoms with E-state index in [9.17, 15) is 18.0 Å². The van der Waals surface area contributed by atoms with Crippen LogP contribution >= 0.6 is 12.4 Å². The van der Waals surface area contributed by atoms with Crippen molar-refractivity contribution in [2.45, 2.75) is 25.4 Å². The Kier molecular flexibility index (Phi) is 7.92. The van der Waals surface area contributed by atoms with Gasteiger partial charge >= 0.3 is 6.36 Å². The van der Waals surface area contributed by atoms with Gasteiger partial charge in [-0.05, 0) is 23.3 Å². The van der Waals surface area contributed by atoms with Crippen molar-refractivity contribution in [2.24, 2.45) is 5.73 Å². The van der Waals surface area contributed by atoms with Crippen molar-refractivity contribution in [2.75, 3.05) is 7.05 Å². The molecule has 0 saturated heterocycles. The number of benzene rings is 2. The Bertz CT molecular complexity index is 694. The van der Waals surface area contributed by atoms with E-state index in [1.54, 1.807) is 7.05 Å². The molecule has 2 aromatic carbocycles. The molecule has 0 aliphatic rings. The quantitative estimate of drug-likeness (QED) is 0.812. The molecule has 0 fully saturated rings. The maximum atomic E-state index is 12.3. The summed E-state index contributed by atoms with van der Waals surface area (Å²) in [5.74, 6) is -0.441. The van der Waals surface area contributed by atoms with Crippen molar-refractivity contribution in [3.63, 3.8) is 0 Å². The van der Waals surface area contributed by atoms with Crippen LogP contribution in [0.5, 0.6) is 5.75 Å². The summed E-state index contributed by atoms with van der Waals surface area (Å²) in [7, 11) is 1.63. The highest BCUT2D eigenvalue weighted by Crippen LogP contribution is 2.23. The molecule has 1 unspecified atom stereocenters. The number of amides is 1. The second-order valence-corrected chi connectivity index (χ2v) is 5.66. The first-order valence-corrected chi connectivity index (χ1v) is 7.64. The Morgan fingerprint density at radius 3 is 2.23 bits per heavy atom. The first-order valence-electron chi connectivity index (χ1n) is 7.64. The van der Waals surface area contributed by atoms with Gasteiger partial charge in [0.25, 0.3) is 0 Å². The number of halogens is 4. The highest BCUT2D eigenvalue weighted by Gasteiger charge is 2.30. The van der Waals surface area contributed by atoms with Gasteiger partial charge in [0.2, 0.25) is 5.91 Å². The van der Waals surface area contributed by atoms with E-state index in [0.717, 1.165) is 5.56 Å². The SMILES string of the molecule is CN(Cc1ccc(OC(F)(F)F)cc1)C(=O)CC(N)c1ccccc1.Cl. The third kappa shape index (κ3) is 6.93. The van der Waals surface area contributed by atoms with Crippen molar-refractivity contribution in [1.29, 1.82) is 0 Å². The lowest BCUT2D eigenvalue weighted by atomic mass is 10.0. The van der Waals surface area contributed by atoms with E-state index < -0.39 is 12.4 Å². The van der Waals surface area contributed by atoms with Gasteiger partial charge in [-0.25, -0.2) is 0 Å². The first kappa shape index (κ1) is 21.8. The van der Waals surface area contributed by atoms with Crippen molar-refractivity contribution in [3.05, 3.63) is 65.7 Å². The van der Waals surface area contributed by atoms with Crippen molar-refractivity contribution in [1.82, 2.24) is 4.90 Å². The number of carbonyl (C=O) groups is 1. The molecule has 4 nitrogen and oxygen atoms in total. The molecule has 1 atom stereocenters. The second kappa shape index (κ2) is 9.45. The molecule has 0 saturated carbocycles. The average molecular weight is 389 g/mol. The van der Waals surface area contributed by atoms with Crippen LogP contribution in [0.15, 0.2) is 54.6 Å². The van der Waals surface area contributed by atoms with Crippen molar-refractivity contribution in [3.8, 4) is 5.75 Å². The Balaban J connectivity index is 0.00000338. The second-order valence-electron chi connectivity index (χ2n) is 5.66. The van der Waals surface area contributed by atoms with Crippen LogP contribution in [0.3, 0.4) is 0 Å². The van der Waals surface area contributed by atoms with Gasteiger partial charge in [-0.15, -0.1) is 25.6 Å². The number of hydrogen-bond donors (Lipinski definition) is 1. The van der Waals surface area contributed by atoms with Crippen LogP contribution in [-0.4, -0.2) is 24.2 Å². The van der Waals surface area contributed by atoms with Crippen LogP contribution in [0.4, 0.5) is 13.2 Å². The van der Waals surface area contributed by atoms with Crippen molar-refractivity contribution < 1.29 is 22.7 Å². The smallest absolute Gasteiger partial charge is 0.406 e. The molecule has 2 aromatic rings. The lowest BCUT2D eigenvalue weighted by Crippen LogP contribution is -2.29. The maximum absolute atomic E-state index is 12.3. The molecule has 26 heavy (non-hydrogen) atoms. The number of carbonyl (C=O) groups excluding carboxylic acids is 1. The predicted molar refractivity (Wildman–Crippen MR) is 94.8 cm³/mol. The van der Waals surface area contributed by atoms with Crippen LogP contribution in [0.2, 0.25) is 0 Å². The van der Waals surface area contributed by atoms with E-state index in [-0.39, 0.29) is 37.0 Å². The number of nitrogens with zero attached hydrogens (tertiary/aromatic N) is 1. The summed E-state index contributed by atoms with van der Waals surface area (Å²) in [5, 5.41) is 0. The molecule has 0 aliphatic heterocycles. The van der Waals surface area contributed by atoms with E-state index in [1.807, 2.05) is 30.3 Å². The largest absolute Gasteiger partial charge is 0.573 e. The lowest BCUT2D eigenvalue weighted by molar-refractivity contribution is -0.274. The van der Waals surface area contributed by atoms with Crippen LogP contribution in [0.25, 0.3) is 0 Å². The highest BCUT2D eigenvalue weighted by molar-refractivity contribution is 5.85. The summed E-state index contributed by atoms with van der Waals surface area (Å²) in [5.41, 5.74) is 7.60. The van der Waals surface area contributed by atoms with Gasteiger partial charge in [-0.1, -0.05) is 42.5 Å². The van der Waals surface area contributed by atoms with E-state index in [0.29, 0.717) is 5.56 Å². The van der Waals surface area contributed by atoms with Gasteiger partial charge in [-0.3, -0.25) is 4.79 Å². The fraction of sp³-hybridized carbons (Fsp3) is 0.278. The Hall–Kier alpha value is -2.25. The maximum Gasteiger partial charge on any atom is 0.573 e. The third-order valence-corrected chi connectivity index (χ3v) is 3.62. The van der Waals surface area contributed by atoms with Crippen LogP contribution < -0.4 is 10.5 Å². The summed E-state index contributed by atoms with van der Waals surface area (Å²) < 4.78 is 40.2. The van der Waals surface area contributed by atoms with Gasteiger partial charge in [0.1, 0.15) is 5.75 Å². The normalized spacial score (nSPS) is 12.0. The molecule has 8 heteroatoms. The zero-order valence-electron chi connectivity index (χ0n) is 14.1. The number of ether oxygens (including phenoxy) is 1. The number of hydrogen-bond acceptors (Lipinski definition) is 3. The topological polar surface area (TPSA) is 55.6 Å². The van der Waals surface area contributed by atoms with E-state index in [2.05, 4.69) is 4.74 Å².